The Morgan fingerprint density at radius 3 is 2.70 bits per heavy atom. The van der Waals surface area contributed by atoms with Gasteiger partial charge in [0.25, 0.3) is 0 Å². The third kappa shape index (κ3) is 6.90. The van der Waals surface area contributed by atoms with Gasteiger partial charge in [0.1, 0.15) is 6.29 Å². The molecule has 0 N–H and O–H groups in total. The molecule has 0 saturated carbocycles. The van der Waals surface area contributed by atoms with Crippen molar-refractivity contribution in [1.82, 2.24) is 4.90 Å². The van der Waals surface area contributed by atoms with Crippen LogP contribution in [0.5, 0.6) is 0 Å². The van der Waals surface area contributed by atoms with Crippen molar-refractivity contribution in [2.75, 3.05) is 44.2 Å². The zero-order valence-corrected chi connectivity index (χ0v) is 18.9. The van der Waals surface area contributed by atoms with E-state index in [1.165, 1.54) is 5.57 Å². The van der Waals surface area contributed by atoms with Crippen LogP contribution in [-0.2, 0) is 9.53 Å². The SMILES string of the molecule is O=CCCC1=CC=C(OCCCCN2CCN(c3cccc(Cl)c3Cl)CC2)CC=C1. The molecule has 0 radical (unpaired) electrons. The summed E-state index contributed by atoms with van der Waals surface area (Å²) in [6.07, 6.45) is 13.6. The lowest BCUT2D eigenvalue weighted by atomic mass is 10.1. The summed E-state index contributed by atoms with van der Waals surface area (Å²) in [5.74, 6) is 0.999. The first-order chi connectivity index (χ1) is 14.7. The van der Waals surface area contributed by atoms with Gasteiger partial charge < -0.3 is 14.4 Å². The number of aldehydes is 1. The van der Waals surface area contributed by atoms with Crippen molar-refractivity contribution in [3.05, 3.63) is 63.9 Å². The Kier molecular flexibility index (Phi) is 9.31. The van der Waals surface area contributed by atoms with Gasteiger partial charge in [-0.15, -0.1) is 0 Å². The zero-order valence-electron chi connectivity index (χ0n) is 17.4. The molecule has 162 valence electrons. The predicted molar refractivity (Wildman–Crippen MR) is 126 cm³/mol. The molecule has 1 aliphatic heterocycles. The number of nitrogens with zero attached hydrogens (tertiary/aromatic N) is 2. The average Bonchev–Trinajstić information content (AvgIpc) is 3.00. The van der Waals surface area contributed by atoms with E-state index in [2.05, 4.69) is 28.0 Å². The van der Waals surface area contributed by atoms with Gasteiger partial charge in [0, 0.05) is 39.0 Å². The molecule has 30 heavy (non-hydrogen) atoms. The number of unbranched alkanes of at least 4 members (excludes halogenated alkanes) is 1. The summed E-state index contributed by atoms with van der Waals surface area (Å²) in [5, 5.41) is 1.27. The third-order valence-corrected chi connectivity index (χ3v) is 6.29. The number of carbonyl (C=O) groups excluding carboxylic acids is 1. The lowest BCUT2D eigenvalue weighted by Gasteiger charge is -2.36. The van der Waals surface area contributed by atoms with Crippen LogP contribution in [0.1, 0.15) is 32.1 Å². The van der Waals surface area contributed by atoms with Crippen LogP contribution in [0.2, 0.25) is 10.0 Å². The minimum absolute atomic E-state index is 0.570. The molecule has 0 unspecified atom stereocenters. The van der Waals surface area contributed by atoms with Crippen LogP contribution in [0.25, 0.3) is 0 Å². The molecule has 0 spiro atoms. The zero-order chi connectivity index (χ0) is 21.2. The van der Waals surface area contributed by atoms with Gasteiger partial charge in [0.2, 0.25) is 0 Å². The summed E-state index contributed by atoms with van der Waals surface area (Å²) in [4.78, 5) is 15.3. The number of piperazine rings is 1. The number of benzene rings is 1. The van der Waals surface area contributed by atoms with Gasteiger partial charge in [0.15, 0.2) is 0 Å². The van der Waals surface area contributed by atoms with Gasteiger partial charge >= 0.3 is 0 Å². The maximum atomic E-state index is 10.5. The van der Waals surface area contributed by atoms with Crippen LogP contribution < -0.4 is 4.90 Å². The fourth-order valence-corrected chi connectivity index (χ4v) is 4.15. The molecule has 4 nitrogen and oxygen atoms in total. The molecular formula is C24H30Cl2N2O2. The van der Waals surface area contributed by atoms with Crippen molar-refractivity contribution < 1.29 is 9.53 Å². The van der Waals surface area contributed by atoms with Crippen molar-refractivity contribution in [1.29, 1.82) is 0 Å². The maximum Gasteiger partial charge on any atom is 0.120 e. The smallest absolute Gasteiger partial charge is 0.120 e. The highest BCUT2D eigenvalue weighted by Gasteiger charge is 2.19. The van der Waals surface area contributed by atoms with Crippen LogP contribution in [0.15, 0.2) is 53.8 Å². The second-order valence-electron chi connectivity index (χ2n) is 7.64. The number of hydrogen-bond donors (Lipinski definition) is 0. The first-order valence-electron chi connectivity index (χ1n) is 10.7. The minimum Gasteiger partial charge on any atom is -0.498 e. The lowest BCUT2D eigenvalue weighted by molar-refractivity contribution is -0.107. The van der Waals surface area contributed by atoms with Crippen molar-refractivity contribution in [3.8, 4) is 0 Å². The first kappa shape index (κ1) is 22.9. The molecule has 1 aromatic carbocycles. The molecule has 2 aliphatic rings. The van der Waals surface area contributed by atoms with Crippen molar-refractivity contribution in [2.24, 2.45) is 0 Å². The fraction of sp³-hybridized carbons (Fsp3) is 0.458. The van der Waals surface area contributed by atoms with Gasteiger partial charge in [-0.3, -0.25) is 4.90 Å². The molecule has 0 aromatic heterocycles. The Morgan fingerprint density at radius 1 is 1.07 bits per heavy atom. The number of allylic oxidation sites excluding steroid dienone is 5. The molecule has 0 amide bonds. The number of hydrogen-bond acceptors (Lipinski definition) is 4. The summed E-state index contributed by atoms with van der Waals surface area (Å²) >= 11 is 12.5. The summed E-state index contributed by atoms with van der Waals surface area (Å²) in [6, 6.07) is 5.83. The topological polar surface area (TPSA) is 32.8 Å². The van der Waals surface area contributed by atoms with Gasteiger partial charge in [0.05, 0.1) is 28.1 Å². The number of anilines is 1. The van der Waals surface area contributed by atoms with E-state index in [-0.39, 0.29) is 0 Å². The standard InChI is InChI=1S/C24H30Cl2N2O2/c25-22-9-4-10-23(24(22)26)28-16-14-27(15-17-28)13-1-2-19-30-21-8-3-6-20(11-12-21)7-5-18-29/h3-4,6,9-12,18H,1-2,5,7-8,13-17,19H2. The Morgan fingerprint density at radius 2 is 1.90 bits per heavy atom. The van der Waals surface area contributed by atoms with E-state index in [0.29, 0.717) is 16.5 Å². The highest BCUT2D eigenvalue weighted by Crippen LogP contribution is 2.32. The monoisotopic (exact) mass is 448 g/mol. The summed E-state index contributed by atoms with van der Waals surface area (Å²) in [6.45, 7) is 5.84. The van der Waals surface area contributed by atoms with E-state index < -0.39 is 0 Å². The third-order valence-electron chi connectivity index (χ3n) is 5.49. The van der Waals surface area contributed by atoms with E-state index in [4.69, 9.17) is 27.9 Å². The van der Waals surface area contributed by atoms with Crippen LogP contribution in [-0.4, -0.2) is 50.5 Å². The van der Waals surface area contributed by atoms with Crippen LogP contribution in [0.4, 0.5) is 5.69 Å². The van der Waals surface area contributed by atoms with E-state index >= 15 is 0 Å². The molecule has 1 heterocycles. The molecule has 1 aromatic rings. The molecule has 3 rings (SSSR count). The highest BCUT2D eigenvalue weighted by molar-refractivity contribution is 6.43. The quantitative estimate of drug-likeness (QED) is 0.341. The van der Waals surface area contributed by atoms with Crippen LogP contribution in [0.3, 0.4) is 0 Å². The second kappa shape index (κ2) is 12.2. The molecule has 6 heteroatoms. The Hall–Kier alpha value is -1.75. The Labute approximate surface area is 189 Å². The maximum absolute atomic E-state index is 10.5. The van der Waals surface area contributed by atoms with Crippen molar-refractivity contribution in [3.63, 3.8) is 0 Å². The van der Waals surface area contributed by atoms with Crippen LogP contribution >= 0.6 is 23.2 Å². The van der Waals surface area contributed by atoms with E-state index in [9.17, 15) is 4.79 Å². The van der Waals surface area contributed by atoms with Gasteiger partial charge in [-0.05, 0) is 49.6 Å². The summed E-state index contributed by atoms with van der Waals surface area (Å²) in [7, 11) is 0. The molecular weight excluding hydrogens is 419 g/mol. The van der Waals surface area contributed by atoms with Crippen LogP contribution in [0, 0.1) is 0 Å². The van der Waals surface area contributed by atoms with E-state index in [0.717, 1.165) is 82.7 Å². The minimum atomic E-state index is 0.570. The first-order valence-corrected chi connectivity index (χ1v) is 11.5. The predicted octanol–water partition coefficient (Wildman–Crippen LogP) is 5.66. The Balaban J connectivity index is 1.32. The Bertz CT molecular complexity index is 796. The fourth-order valence-electron chi connectivity index (χ4n) is 3.74. The molecule has 1 aliphatic carbocycles. The average molecular weight is 449 g/mol. The van der Waals surface area contributed by atoms with E-state index in [1.54, 1.807) is 0 Å². The highest BCUT2D eigenvalue weighted by atomic mass is 35.5. The number of rotatable bonds is 10. The van der Waals surface area contributed by atoms with E-state index in [1.807, 2.05) is 24.3 Å². The van der Waals surface area contributed by atoms with Gasteiger partial charge in [-0.25, -0.2) is 0 Å². The van der Waals surface area contributed by atoms with Gasteiger partial charge in [-0.1, -0.05) is 47.5 Å². The number of halogens is 2. The number of ether oxygens (including phenoxy) is 1. The molecule has 1 saturated heterocycles. The molecule has 0 atom stereocenters. The molecule has 1 fully saturated rings. The normalized spacial score (nSPS) is 17.3. The van der Waals surface area contributed by atoms with Gasteiger partial charge in [-0.2, -0.15) is 0 Å². The van der Waals surface area contributed by atoms with Crippen molar-refractivity contribution in [2.45, 2.75) is 32.1 Å². The summed E-state index contributed by atoms with van der Waals surface area (Å²) < 4.78 is 5.95. The largest absolute Gasteiger partial charge is 0.498 e. The summed E-state index contributed by atoms with van der Waals surface area (Å²) in [5.41, 5.74) is 2.21. The van der Waals surface area contributed by atoms with Crippen molar-refractivity contribution >= 4 is 35.2 Å². The second-order valence-corrected chi connectivity index (χ2v) is 8.43. The molecule has 0 bridgehead atoms. The lowest BCUT2D eigenvalue weighted by Crippen LogP contribution is -2.46. The number of carbonyl (C=O) groups is 1.